The molecule has 134 valence electrons. The molecule has 0 aliphatic heterocycles. The summed E-state index contributed by atoms with van der Waals surface area (Å²) in [5, 5.41) is 17.8. The Balaban J connectivity index is 1.84. The normalized spacial score (nSPS) is 11.0. The second kappa shape index (κ2) is 8.35. The molecule has 0 bridgehead atoms. The van der Waals surface area contributed by atoms with Crippen LogP contribution >= 0.6 is 11.3 Å². The number of carboxylic acid groups (broad SMARTS) is 1. The molecule has 1 aromatic heterocycles. The van der Waals surface area contributed by atoms with Crippen LogP contribution in [0, 0.1) is 11.3 Å². The maximum atomic E-state index is 11.0. The molecule has 2 aromatic carbocycles. The van der Waals surface area contributed by atoms with E-state index in [1.165, 1.54) is 17.4 Å². The minimum Gasteiger partial charge on any atom is -0.477 e. The van der Waals surface area contributed by atoms with E-state index in [-0.39, 0.29) is 5.57 Å². The topological polar surface area (TPSA) is 64.3 Å². The maximum Gasteiger partial charge on any atom is 0.346 e. The molecule has 0 unspecified atom stereocenters. The molecule has 3 aromatic rings. The van der Waals surface area contributed by atoms with Crippen LogP contribution < -0.4 is 4.90 Å². The van der Waals surface area contributed by atoms with Gasteiger partial charge in [-0.05, 0) is 55.0 Å². The van der Waals surface area contributed by atoms with Gasteiger partial charge in [-0.1, -0.05) is 30.3 Å². The van der Waals surface area contributed by atoms with E-state index in [0.717, 1.165) is 33.2 Å². The number of carbonyl (C=O) groups is 1. The molecular formula is C22H18N2O2S. The van der Waals surface area contributed by atoms with Crippen molar-refractivity contribution in [1.29, 1.82) is 5.26 Å². The van der Waals surface area contributed by atoms with Gasteiger partial charge in [-0.2, -0.15) is 5.26 Å². The molecule has 5 heteroatoms. The molecule has 0 fully saturated rings. The quantitative estimate of drug-likeness (QED) is 0.453. The van der Waals surface area contributed by atoms with Crippen LogP contribution in [0.3, 0.4) is 0 Å². The van der Waals surface area contributed by atoms with E-state index >= 15 is 0 Å². The summed E-state index contributed by atoms with van der Waals surface area (Å²) in [7, 11) is 0. The molecule has 0 amide bonds. The first-order chi connectivity index (χ1) is 13.1. The number of rotatable bonds is 6. The van der Waals surface area contributed by atoms with Gasteiger partial charge in [0.2, 0.25) is 0 Å². The molecule has 1 N–H and O–H groups in total. The summed E-state index contributed by atoms with van der Waals surface area (Å²) in [6, 6.07) is 24.0. The Morgan fingerprint density at radius 2 is 1.74 bits per heavy atom. The molecule has 0 aliphatic rings. The van der Waals surface area contributed by atoms with Gasteiger partial charge in [0.1, 0.15) is 11.6 Å². The van der Waals surface area contributed by atoms with Gasteiger partial charge in [0.25, 0.3) is 0 Å². The Labute approximate surface area is 162 Å². The van der Waals surface area contributed by atoms with Crippen LogP contribution in [0.25, 0.3) is 16.5 Å². The highest BCUT2D eigenvalue weighted by Crippen LogP contribution is 2.32. The lowest BCUT2D eigenvalue weighted by atomic mass is 10.1. The lowest BCUT2D eigenvalue weighted by Crippen LogP contribution is -2.15. The van der Waals surface area contributed by atoms with Crippen LogP contribution in [0.2, 0.25) is 0 Å². The fraction of sp³-hybridized carbons (Fsp3) is 0.0909. The van der Waals surface area contributed by atoms with Gasteiger partial charge >= 0.3 is 5.97 Å². The van der Waals surface area contributed by atoms with Crippen LogP contribution in [0.1, 0.15) is 11.8 Å². The summed E-state index contributed by atoms with van der Waals surface area (Å²) < 4.78 is 0. The van der Waals surface area contributed by atoms with Crippen LogP contribution in [0.15, 0.2) is 72.3 Å². The Morgan fingerprint density at radius 3 is 2.33 bits per heavy atom. The Hall–Kier alpha value is -3.36. The molecule has 0 spiro atoms. The molecule has 0 saturated heterocycles. The summed E-state index contributed by atoms with van der Waals surface area (Å²) in [6.45, 7) is 2.98. The molecule has 27 heavy (non-hydrogen) atoms. The van der Waals surface area contributed by atoms with Crippen LogP contribution in [0.5, 0.6) is 0 Å². The average molecular weight is 374 g/mol. The number of para-hydroxylation sites is 1. The van der Waals surface area contributed by atoms with Gasteiger partial charge in [0.05, 0.1) is 0 Å². The summed E-state index contributed by atoms with van der Waals surface area (Å²) in [4.78, 5) is 15.0. The zero-order chi connectivity index (χ0) is 19.2. The van der Waals surface area contributed by atoms with E-state index in [4.69, 9.17) is 10.4 Å². The molecule has 1 heterocycles. The number of aliphatic carboxylic acids is 1. The van der Waals surface area contributed by atoms with Crippen molar-refractivity contribution < 1.29 is 9.90 Å². The minimum absolute atomic E-state index is 0.264. The third-order valence-electron chi connectivity index (χ3n) is 4.11. The lowest BCUT2D eigenvalue weighted by molar-refractivity contribution is -0.132. The van der Waals surface area contributed by atoms with Crippen LogP contribution in [0.4, 0.5) is 11.4 Å². The SMILES string of the molecule is CCN(c1ccccc1)c1ccc(-c2ccc(/C=C(/C#N)C(=O)O)s2)cc1. The van der Waals surface area contributed by atoms with Gasteiger partial charge in [-0.25, -0.2) is 4.79 Å². The minimum atomic E-state index is -1.21. The molecule has 0 saturated carbocycles. The number of hydrogen-bond donors (Lipinski definition) is 1. The van der Waals surface area contributed by atoms with E-state index in [9.17, 15) is 4.79 Å². The molecule has 0 atom stereocenters. The zero-order valence-electron chi connectivity index (χ0n) is 14.8. The number of thiophene rings is 1. The van der Waals surface area contributed by atoms with E-state index in [1.54, 1.807) is 6.07 Å². The summed E-state index contributed by atoms with van der Waals surface area (Å²) in [5.41, 5.74) is 3.05. The van der Waals surface area contributed by atoms with Crippen molar-refractivity contribution in [3.8, 4) is 16.5 Å². The van der Waals surface area contributed by atoms with Crippen molar-refractivity contribution in [3.05, 3.63) is 77.2 Å². The van der Waals surface area contributed by atoms with Crippen molar-refractivity contribution in [2.24, 2.45) is 0 Å². The van der Waals surface area contributed by atoms with E-state index in [0.29, 0.717) is 0 Å². The first-order valence-electron chi connectivity index (χ1n) is 8.50. The van der Waals surface area contributed by atoms with Crippen LogP contribution in [-0.2, 0) is 4.79 Å². The lowest BCUT2D eigenvalue weighted by Gasteiger charge is -2.23. The van der Waals surface area contributed by atoms with Gasteiger partial charge in [-0.3, -0.25) is 0 Å². The predicted molar refractivity (Wildman–Crippen MR) is 110 cm³/mol. The molecule has 0 aliphatic carbocycles. The smallest absolute Gasteiger partial charge is 0.346 e. The third-order valence-corrected chi connectivity index (χ3v) is 5.19. The van der Waals surface area contributed by atoms with Crippen LogP contribution in [-0.4, -0.2) is 17.6 Å². The van der Waals surface area contributed by atoms with E-state index in [1.807, 2.05) is 30.3 Å². The second-order valence-corrected chi connectivity index (χ2v) is 6.92. The zero-order valence-corrected chi connectivity index (χ0v) is 15.6. The number of anilines is 2. The number of nitriles is 1. The highest BCUT2D eigenvalue weighted by Gasteiger charge is 2.10. The summed E-state index contributed by atoms with van der Waals surface area (Å²) in [6.07, 6.45) is 1.40. The largest absolute Gasteiger partial charge is 0.477 e. The number of hydrogen-bond acceptors (Lipinski definition) is 4. The van der Waals surface area contributed by atoms with Crippen molar-refractivity contribution in [2.45, 2.75) is 6.92 Å². The predicted octanol–water partition coefficient (Wildman–Crippen LogP) is 5.56. The van der Waals surface area contributed by atoms with Crippen molar-refractivity contribution >= 4 is 34.8 Å². The Bertz CT molecular complexity index is 999. The van der Waals surface area contributed by atoms with E-state index in [2.05, 4.69) is 48.2 Å². The maximum absolute atomic E-state index is 11.0. The summed E-state index contributed by atoms with van der Waals surface area (Å²) in [5.74, 6) is -1.21. The number of carboxylic acids is 1. The monoisotopic (exact) mass is 374 g/mol. The Kier molecular flexibility index (Phi) is 5.70. The van der Waals surface area contributed by atoms with E-state index < -0.39 is 5.97 Å². The molecule has 3 rings (SSSR count). The fourth-order valence-corrected chi connectivity index (χ4v) is 3.75. The van der Waals surface area contributed by atoms with Gasteiger partial charge in [0.15, 0.2) is 0 Å². The molecule has 4 nitrogen and oxygen atoms in total. The Morgan fingerprint density at radius 1 is 1.07 bits per heavy atom. The van der Waals surface area contributed by atoms with Crippen molar-refractivity contribution in [1.82, 2.24) is 0 Å². The highest BCUT2D eigenvalue weighted by atomic mass is 32.1. The highest BCUT2D eigenvalue weighted by molar-refractivity contribution is 7.16. The standard InChI is InChI=1S/C22H18N2O2S/c1-2-24(18-6-4-3-5-7-18)19-10-8-16(9-11-19)21-13-12-20(27-21)14-17(15-23)22(25)26/h3-14H,2H2,1H3,(H,25,26)/b17-14-. The average Bonchev–Trinajstić information content (AvgIpc) is 3.16. The van der Waals surface area contributed by atoms with Gasteiger partial charge in [-0.15, -0.1) is 11.3 Å². The number of benzene rings is 2. The fourth-order valence-electron chi connectivity index (χ4n) is 2.80. The van der Waals surface area contributed by atoms with Gasteiger partial charge < -0.3 is 10.0 Å². The first-order valence-corrected chi connectivity index (χ1v) is 9.32. The third kappa shape index (κ3) is 4.25. The second-order valence-electron chi connectivity index (χ2n) is 5.80. The summed E-state index contributed by atoms with van der Waals surface area (Å²) >= 11 is 1.46. The molecule has 0 radical (unpaired) electrons. The van der Waals surface area contributed by atoms with Crippen molar-refractivity contribution in [3.63, 3.8) is 0 Å². The molecular weight excluding hydrogens is 356 g/mol. The van der Waals surface area contributed by atoms with Crippen molar-refractivity contribution in [2.75, 3.05) is 11.4 Å². The first kappa shape index (κ1) is 18.4. The van der Waals surface area contributed by atoms with Gasteiger partial charge in [0, 0.05) is 27.7 Å². The number of nitrogens with zero attached hydrogens (tertiary/aromatic N) is 2.